The van der Waals surface area contributed by atoms with Gasteiger partial charge >= 0.3 is 76.5 Å². The summed E-state index contributed by atoms with van der Waals surface area (Å²) in [5.74, 6) is 0. The average Bonchev–Trinajstić information content (AvgIpc) is 0. The van der Waals surface area contributed by atoms with Gasteiger partial charge in [0.1, 0.15) is 0 Å². The summed E-state index contributed by atoms with van der Waals surface area (Å²) < 4.78 is 0. The van der Waals surface area contributed by atoms with Crippen molar-refractivity contribution in [2.24, 2.45) is 0 Å². The Hall–Kier alpha value is 2.33. The Morgan fingerprint density at radius 2 is 0.571 bits per heavy atom. The number of rotatable bonds is 0. The molecule has 7 heavy (non-hydrogen) atoms. The Kier molecular flexibility index (Phi) is 1400. The summed E-state index contributed by atoms with van der Waals surface area (Å²) in [5, 5.41) is 0. The van der Waals surface area contributed by atoms with E-state index in [2.05, 4.69) is 0 Å². The summed E-state index contributed by atoms with van der Waals surface area (Å²) in [4.78, 5) is 0. The molecule has 0 aliphatic carbocycles. The zero-order valence-corrected chi connectivity index (χ0v) is 8.07. The normalized spacial score (nSPS) is 0. The van der Waals surface area contributed by atoms with Gasteiger partial charge in [-0.2, -0.15) is 0 Å². The van der Waals surface area contributed by atoms with Gasteiger partial charge in [-0.3, -0.25) is 0 Å². The van der Waals surface area contributed by atoms with Crippen molar-refractivity contribution in [1.82, 2.24) is 0 Å². The third kappa shape index (κ3) is 61.4. The van der Waals surface area contributed by atoms with Gasteiger partial charge in [0.15, 0.2) is 0 Å². The molecular formula is CaFeO4Ti. The molecule has 0 saturated heterocycles. The molecule has 0 amide bonds. The fourth-order valence-electron chi connectivity index (χ4n) is 0. The molecule has 38 valence electrons. The topological polar surface area (TPSA) is 114 Å². The molecule has 0 rings (SSSR count). The maximum absolute atomic E-state index is 0. The predicted octanol–water partition coefficient (Wildman–Crippen LogP) is -0.861. The van der Waals surface area contributed by atoms with E-state index in [1.54, 1.807) is 0 Å². The van der Waals surface area contributed by atoms with Crippen molar-refractivity contribution in [2.75, 3.05) is 0 Å². The van der Waals surface area contributed by atoms with Crippen LogP contribution in [0.2, 0.25) is 0 Å². The first kappa shape index (κ1) is 119. The molecule has 0 unspecified atom stereocenters. The summed E-state index contributed by atoms with van der Waals surface area (Å²) >= 11 is 0. The molecule has 0 saturated carbocycles. The maximum atomic E-state index is 0. The number of hydrogen-bond acceptors (Lipinski definition) is 0. The van der Waals surface area contributed by atoms with Crippen LogP contribution in [0, 0.1) is 0 Å². The molecule has 0 aromatic rings. The first-order chi connectivity index (χ1) is 0. The summed E-state index contributed by atoms with van der Waals surface area (Å²) in [5.41, 5.74) is 0. The second-order valence-corrected chi connectivity index (χ2v) is 0. The van der Waals surface area contributed by atoms with Crippen LogP contribution >= 0.6 is 0 Å². The fourth-order valence-corrected chi connectivity index (χ4v) is 0. The third-order valence-corrected chi connectivity index (χ3v) is 0. The van der Waals surface area contributed by atoms with E-state index in [1.807, 2.05) is 0 Å². The Balaban J connectivity index is 0. The van der Waals surface area contributed by atoms with Crippen molar-refractivity contribution >= 4 is 37.7 Å². The fraction of sp³-hybridized carbons (Fsp3) is 0. The molecule has 0 heterocycles. The van der Waals surface area contributed by atoms with Gasteiger partial charge in [-0.25, -0.2) is 0 Å². The van der Waals surface area contributed by atoms with E-state index in [-0.39, 0.29) is 98.4 Å². The smallest absolute Gasteiger partial charge is 2.00 e. The van der Waals surface area contributed by atoms with Crippen molar-refractivity contribution in [2.45, 2.75) is 0 Å². The van der Waals surface area contributed by atoms with Gasteiger partial charge in [-0.1, -0.05) is 0 Å². The molecule has 7 heteroatoms. The first-order valence-electron chi connectivity index (χ1n) is 0. The summed E-state index contributed by atoms with van der Waals surface area (Å²) in [6.07, 6.45) is 0. The van der Waals surface area contributed by atoms with E-state index < -0.39 is 0 Å². The van der Waals surface area contributed by atoms with Gasteiger partial charge in [-0.05, 0) is 0 Å². The van der Waals surface area contributed by atoms with Crippen LogP contribution in [0.4, 0.5) is 0 Å². The molecule has 0 spiro atoms. The van der Waals surface area contributed by atoms with Crippen LogP contribution in [0.15, 0.2) is 0 Å². The Morgan fingerprint density at radius 1 is 0.571 bits per heavy atom. The quantitative estimate of drug-likeness (QED) is 0.460. The molecule has 0 aromatic carbocycles. The van der Waals surface area contributed by atoms with Gasteiger partial charge in [-0.15, -0.1) is 0 Å². The minimum atomic E-state index is 0. The van der Waals surface area contributed by atoms with Gasteiger partial charge in [0.2, 0.25) is 0 Å². The number of hydrogen-bond donors (Lipinski definition) is 0. The molecule has 0 radical (unpaired) electrons. The Bertz CT molecular complexity index is 11.7. The monoisotopic (exact) mass is 208 g/mol. The van der Waals surface area contributed by atoms with Gasteiger partial charge < -0.3 is 21.9 Å². The van der Waals surface area contributed by atoms with Crippen LogP contribution in [-0.4, -0.2) is 37.7 Å². The molecule has 4 nitrogen and oxygen atoms in total. The van der Waals surface area contributed by atoms with Crippen LogP contribution in [0.3, 0.4) is 0 Å². The first-order valence-corrected chi connectivity index (χ1v) is 0. The largest absolute Gasteiger partial charge is 4.00 e. The maximum Gasteiger partial charge on any atom is 4.00 e. The van der Waals surface area contributed by atoms with Crippen molar-refractivity contribution in [3.63, 3.8) is 0 Å². The van der Waals surface area contributed by atoms with Crippen LogP contribution in [0.1, 0.15) is 0 Å². The SMILES string of the molecule is [Ca+2].[Fe+2].[O-2].[O-2].[O-2].[O-2].[Ti+4]. The van der Waals surface area contributed by atoms with E-state index in [4.69, 9.17) is 0 Å². The molecular weight excluding hydrogens is 208 g/mol. The molecule has 0 aliphatic heterocycles. The summed E-state index contributed by atoms with van der Waals surface area (Å²) in [6, 6.07) is 0. The molecule has 0 aromatic heterocycles. The Labute approximate surface area is 97.0 Å². The minimum Gasteiger partial charge on any atom is -2.00 e. The van der Waals surface area contributed by atoms with Crippen LogP contribution < -0.4 is 0 Å². The van der Waals surface area contributed by atoms with Crippen molar-refractivity contribution in [3.8, 4) is 0 Å². The van der Waals surface area contributed by atoms with E-state index in [0.717, 1.165) is 0 Å². The van der Waals surface area contributed by atoms with Gasteiger partial charge in [0, 0.05) is 0 Å². The molecule has 0 N–H and O–H groups in total. The average molecular weight is 208 g/mol. The van der Waals surface area contributed by atoms with Gasteiger partial charge in [0.05, 0.1) is 0 Å². The zero-order chi connectivity index (χ0) is 0. The van der Waals surface area contributed by atoms with E-state index in [1.165, 1.54) is 0 Å². The van der Waals surface area contributed by atoms with Crippen molar-refractivity contribution in [3.05, 3.63) is 0 Å². The minimum absolute atomic E-state index is 0. The van der Waals surface area contributed by atoms with Gasteiger partial charge in [0.25, 0.3) is 0 Å². The molecule has 0 atom stereocenters. The van der Waals surface area contributed by atoms with Crippen LogP contribution in [0.25, 0.3) is 0 Å². The van der Waals surface area contributed by atoms with Crippen molar-refractivity contribution in [1.29, 1.82) is 0 Å². The molecule has 0 aliphatic rings. The standard InChI is InChI=1S/Ca.Fe.4O.Ti/q2*+2;4*-2;+4. The second kappa shape index (κ2) is 82.3. The Morgan fingerprint density at radius 3 is 0.571 bits per heavy atom. The predicted molar refractivity (Wildman–Crippen MR) is 8.50 cm³/mol. The molecule has 0 bridgehead atoms. The summed E-state index contributed by atoms with van der Waals surface area (Å²) in [7, 11) is 0. The third-order valence-electron chi connectivity index (χ3n) is 0. The van der Waals surface area contributed by atoms with E-state index >= 15 is 0 Å². The summed E-state index contributed by atoms with van der Waals surface area (Å²) in [6.45, 7) is 0. The van der Waals surface area contributed by atoms with Crippen LogP contribution in [-0.2, 0) is 60.7 Å². The van der Waals surface area contributed by atoms with E-state index in [9.17, 15) is 0 Å². The second-order valence-electron chi connectivity index (χ2n) is 0. The van der Waals surface area contributed by atoms with E-state index in [0.29, 0.717) is 0 Å². The van der Waals surface area contributed by atoms with Crippen molar-refractivity contribution < 1.29 is 60.7 Å². The van der Waals surface area contributed by atoms with Crippen LogP contribution in [0.5, 0.6) is 0 Å². The molecule has 0 fully saturated rings. The zero-order valence-electron chi connectivity index (χ0n) is 3.19.